The van der Waals surface area contributed by atoms with Crippen LogP contribution in [0.3, 0.4) is 0 Å². The third-order valence-corrected chi connectivity index (χ3v) is 3.78. The second-order valence-corrected chi connectivity index (χ2v) is 5.39. The zero-order chi connectivity index (χ0) is 10.1. The summed E-state index contributed by atoms with van der Waals surface area (Å²) in [5, 5.41) is 13.9. The SMILES string of the molecule is Cc1nnc(C(C)NC(C)C2CC2)s1. The first kappa shape index (κ1) is 10.1. The lowest BCUT2D eigenvalue weighted by Gasteiger charge is -2.17. The molecule has 1 saturated carbocycles. The van der Waals surface area contributed by atoms with Gasteiger partial charge in [0.05, 0.1) is 6.04 Å². The molecule has 1 aromatic heterocycles. The summed E-state index contributed by atoms with van der Waals surface area (Å²) in [4.78, 5) is 0. The molecule has 0 aromatic carbocycles. The van der Waals surface area contributed by atoms with E-state index in [-0.39, 0.29) is 0 Å². The van der Waals surface area contributed by atoms with Crippen LogP contribution in [0.1, 0.15) is 42.7 Å². The Bertz CT molecular complexity index is 306. The predicted molar refractivity (Wildman–Crippen MR) is 58.4 cm³/mol. The highest BCUT2D eigenvalue weighted by Gasteiger charge is 2.29. The fourth-order valence-corrected chi connectivity index (χ4v) is 2.40. The quantitative estimate of drug-likeness (QED) is 0.830. The third-order valence-electron chi connectivity index (χ3n) is 2.75. The standard InChI is InChI=1S/C10H17N3S/c1-6(9-4-5-9)11-7(2)10-13-12-8(3)14-10/h6-7,9,11H,4-5H2,1-3H3. The Morgan fingerprint density at radius 3 is 2.57 bits per heavy atom. The van der Waals surface area contributed by atoms with Crippen LogP contribution in [-0.2, 0) is 0 Å². The molecule has 14 heavy (non-hydrogen) atoms. The Kier molecular flexibility index (Phi) is 2.83. The van der Waals surface area contributed by atoms with Gasteiger partial charge in [-0.15, -0.1) is 21.5 Å². The average Bonchev–Trinajstić information content (AvgIpc) is 2.89. The summed E-state index contributed by atoms with van der Waals surface area (Å²) < 4.78 is 0. The van der Waals surface area contributed by atoms with Crippen molar-refractivity contribution >= 4 is 11.3 Å². The van der Waals surface area contributed by atoms with Gasteiger partial charge in [-0.05, 0) is 39.5 Å². The van der Waals surface area contributed by atoms with E-state index in [1.165, 1.54) is 12.8 Å². The minimum atomic E-state index is 0.344. The van der Waals surface area contributed by atoms with E-state index in [0.717, 1.165) is 15.9 Å². The van der Waals surface area contributed by atoms with Crippen molar-refractivity contribution in [1.29, 1.82) is 0 Å². The molecule has 0 amide bonds. The van der Waals surface area contributed by atoms with E-state index < -0.39 is 0 Å². The smallest absolute Gasteiger partial charge is 0.134 e. The molecule has 3 nitrogen and oxygen atoms in total. The van der Waals surface area contributed by atoms with E-state index in [1.54, 1.807) is 11.3 Å². The van der Waals surface area contributed by atoms with E-state index in [4.69, 9.17) is 0 Å². The number of aromatic nitrogens is 2. The van der Waals surface area contributed by atoms with Gasteiger partial charge in [0.25, 0.3) is 0 Å². The molecule has 2 atom stereocenters. The molecular formula is C10H17N3S. The summed E-state index contributed by atoms with van der Waals surface area (Å²) in [6.45, 7) is 6.43. The van der Waals surface area contributed by atoms with Gasteiger partial charge in [0.1, 0.15) is 10.0 Å². The maximum atomic E-state index is 4.15. The molecule has 0 aliphatic heterocycles. The first-order valence-electron chi connectivity index (χ1n) is 5.23. The molecule has 0 bridgehead atoms. The molecule has 0 radical (unpaired) electrons. The van der Waals surface area contributed by atoms with Crippen LogP contribution in [0.15, 0.2) is 0 Å². The summed E-state index contributed by atoms with van der Waals surface area (Å²) in [5.41, 5.74) is 0. The molecule has 1 aliphatic rings. The van der Waals surface area contributed by atoms with Crippen molar-refractivity contribution in [3.63, 3.8) is 0 Å². The first-order chi connectivity index (χ1) is 6.66. The van der Waals surface area contributed by atoms with Crippen LogP contribution in [0.4, 0.5) is 0 Å². The predicted octanol–water partition coefficient (Wildman–Crippen LogP) is 2.30. The summed E-state index contributed by atoms with van der Waals surface area (Å²) in [7, 11) is 0. The van der Waals surface area contributed by atoms with Crippen LogP contribution in [-0.4, -0.2) is 16.2 Å². The van der Waals surface area contributed by atoms with Crippen molar-refractivity contribution in [3.8, 4) is 0 Å². The second-order valence-electron chi connectivity index (χ2n) is 4.17. The highest BCUT2D eigenvalue weighted by Crippen LogP contribution is 2.33. The minimum absolute atomic E-state index is 0.344. The van der Waals surface area contributed by atoms with Crippen molar-refractivity contribution in [3.05, 3.63) is 10.0 Å². The van der Waals surface area contributed by atoms with Gasteiger partial charge >= 0.3 is 0 Å². The van der Waals surface area contributed by atoms with Crippen molar-refractivity contribution in [1.82, 2.24) is 15.5 Å². The molecule has 0 spiro atoms. The molecule has 78 valence electrons. The lowest BCUT2D eigenvalue weighted by atomic mass is 10.2. The normalized spacial score (nSPS) is 20.8. The Labute approximate surface area is 88.9 Å². The Morgan fingerprint density at radius 2 is 2.07 bits per heavy atom. The molecule has 1 aromatic rings. The van der Waals surface area contributed by atoms with E-state index in [0.29, 0.717) is 12.1 Å². The summed E-state index contributed by atoms with van der Waals surface area (Å²) in [6.07, 6.45) is 2.77. The number of rotatable bonds is 4. The Balaban J connectivity index is 1.91. The number of aryl methyl sites for hydroxylation is 1. The highest BCUT2D eigenvalue weighted by atomic mass is 32.1. The summed E-state index contributed by atoms with van der Waals surface area (Å²) >= 11 is 1.69. The lowest BCUT2D eigenvalue weighted by Crippen LogP contribution is -2.30. The van der Waals surface area contributed by atoms with Crippen LogP contribution in [0.25, 0.3) is 0 Å². The third kappa shape index (κ3) is 2.30. The first-order valence-corrected chi connectivity index (χ1v) is 6.04. The number of hydrogen-bond donors (Lipinski definition) is 1. The number of nitrogens with one attached hydrogen (secondary N) is 1. The second kappa shape index (κ2) is 3.95. The summed E-state index contributed by atoms with van der Waals surface area (Å²) in [6, 6.07) is 0.964. The molecule has 2 unspecified atom stereocenters. The van der Waals surface area contributed by atoms with Crippen molar-refractivity contribution < 1.29 is 0 Å². The van der Waals surface area contributed by atoms with Crippen LogP contribution in [0.5, 0.6) is 0 Å². The van der Waals surface area contributed by atoms with Crippen molar-refractivity contribution in [2.75, 3.05) is 0 Å². The van der Waals surface area contributed by atoms with Gasteiger partial charge in [-0.3, -0.25) is 0 Å². The topological polar surface area (TPSA) is 37.8 Å². The highest BCUT2D eigenvalue weighted by molar-refractivity contribution is 7.11. The van der Waals surface area contributed by atoms with Crippen LogP contribution in [0.2, 0.25) is 0 Å². The van der Waals surface area contributed by atoms with E-state index >= 15 is 0 Å². The van der Waals surface area contributed by atoms with Gasteiger partial charge < -0.3 is 5.32 Å². The Hall–Kier alpha value is -0.480. The van der Waals surface area contributed by atoms with Gasteiger partial charge in [-0.2, -0.15) is 0 Å². The van der Waals surface area contributed by atoms with E-state index in [1.807, 2.05) is 6.92 Å². The Morgan fingerprint density at radius 1 is 1.36 bits per heavy atom. The van der Waals surface area contributed by atoms with Gasteiger partial charge in [-0.1, -0.05) is 0 Å². The molecule has 4 heteroatoms. The van der Waals surface area contributed by atoms with Crippen LogP contribution in [0, 0.1) is 12.8 Å². The molecule has 2 rings (SSSR count). The van der Waals surface area contributed by atoms with E-state index in [2.05, 4.69) is 29.4 Å². The van der Waals surface area contributed by atoms with E-state index in [9.17, 15) is 0 Å². The largest absolute Gasteiger partial charge is 0.305 e. The van der Waals surface area contributed by atoms with Gasteiger partial charge in [0.15, 0.2) is 0 Å². The lowest BCUT2D eigenvalue weighted by molar-refractivity contribution is 0.439. The molecule has 0 saturated heterocycles. The van der Waals surface area contributed by atoms with Crippen LogP contribution >= 0.6 is 11.3 Å². The van der Waals surface area contributed by atoms with Crippen LogP contribution < -0.4 is 5.32 Å². The molecular weight excluding hydrogens is 194 g/mol. The van der Waals surface area contributed by atoms with Crippen molar-refractivity contribution in [2.45, 2.75) is 45.7 Å². The average molecular weight is 211 g/mol. The molecule has 1 aliphatic carbocycles. The number of hydrogen-bond acceptors (Lipinski definition) is 4. The zero-order valence-corrected chi connectivity index (χ0v) is 9.77. The van der Waals surface area contributed by atoms with Gasteiger partial charge in [0.2, 0.25) is 0 Å². The maximum Gasteiger partial charge on any atom is 0.134 e. The monoisotopic (exact) mass is 211 g/mol. The molecule has 1 N–H and O–H groups in total. The van der Waals surface area contributed by atoms with Gasteiger partial charge in [0, 0.05) is 6.04 Å². The molecule has 1 fully saturated rings. The molecule has 1 heterocycles. The zero-order valence-electron chi connectivity index (χ0n) is 8.95. The number of nitrogens with zero attached hydrogens (tertiary/aromatic N) is 2. The minimum Gasteiger partial charge on any atom is -0.305 e. The van der Waals surface area contributed by atoms with Gasteiger partial charge in [-0.25, -0.2) is 0 Å². The maximum absolute atomic E-state index is 4.15. The fourth-order valence-electron chi connectivity index (χ4n) is 1.68. The summed E-state index contributed by atoms with van der Waals surface area (Å²) in [5.74, 6) is 0.895. The fraction of sp³-hybridized carbons (Fsp3) is 0.800. The van der Waals surface area contributed by atoms with Crippen molar-refractivity contribution in [2.24, 2.45) is 5.92 Å².